The van der Waals surface area contributed by atoms with Crippen molar-refractivity contribution in [1.82, 2.24) is 0 Å². The van der Waals surface area contributed by atoms with Crippen molar-refractivity contribution >= 4 is 11.9 Å². The third-order valence-corrected chi connectivity index (χ3v) is 13.2. The van der Waals surface area contributed by atoms with Crippen LogP contribution in [-0.4, -0.2) is 36.4 Å². The SMILES string of the molecule is CC/C=C\C/C=C\C/C=C\C/C=C\C/C=C\C/C=C\C/C=C\CCCCCCCCCC(=O)OC(CO)COC(=O)CCCCCCCCCCCCCCCCCCCCCCCCCCCCC. The highest BCUT2D eigenvalue weighted by atomic mass is 16.6. The summed E-state index contributed by atoms with van der Waals surface area (Å²) in [4.78, 5) is 24.6. The molecular formula is C65H114O5. The molecular weight excluding hydrogens is 861 g/mol. The number of ether oxygens (including phenoxy) is 2. The van der Waals surface area contributed by atoms with Gasteiger partial charge in [0.1, 0.15) is 6.61 Å². The largest absolute Gasteiger partial charge is 0.462 e. The molecule has 70 heavy (non-hydrogen) atoms. The summed E-state index contributed by atoms with van der Waals surface area (Å²) in [6.45, 7) is 4.05. The van der Waals surface area contributed by atoms with Crippen molar-refractivity contribution in [2.45, 2.75) is 302 Å². The van der Waals surface area contributed by atoms with Crippen molar-refractivity contribution in [2.75, 3.05) is 13.2 Å². The third kappa shape index (κ3) is 57.7. The Balaban J connectivity index is 3.51. The van der Waals surface area contributed by atoms with Crippen LogP contribution in [0.2, 0.25) is 0 Å². The fourth-order valence-electron chi connectivity index (χ4n) is 8.71. The van der Waals surface area contributed by atoms with E-state index >= 15 is 0 Å². The maximum Gasteiger partial charge on any atom is 0.306 e. The predicted molar refractivity (Wildman–Crippen MR) is 306 cm³/mol. The van der Waals surface area contributed by atoms with Crippen molar-refractivity contribution in [3.63, 3.8) is 0 Å². The van der Waals surface area contributed by atoms with E-state index in [4.69, 9.17) is 9.47 Å². The van der Waals surface area contributed by atoms with Crippen molar-refractivity contribution in [3.05, 3.63) is 85.1 Å². The van der Waals surface area contributed by atoms with E-state index in [1.807, 2.05) is 0 Å². The molecule has 5 nitrogen and oxygen atoms in total. The number of carbonyl (C=O) groups excluding carboxylic acids is 2. The van der Waals surface area contributed by atoms with Gasteiger partial charge in [0, 0.05) is 12.8 Å². The Bertz CT molecular complexity index is 1290. The topological polar surface area (TPSA) is 72.8 Å². The van der Waals surface area contributed by atoms with Crippen LogP contribution in [0.4, 0.5) is 0 Å². The highest BCUT2D eigenvalue weighted by Gasteiger charge is 2.16. The number of unbranched alkanes of at least 4 members (excludes halogenated alkanes) is 33. The Labute approximate surface area is 435 Å². The summed E-state index contributed by atoms with van der Waals surface area (Å²) in [7, 11) is 0. The normalized spacial score (nSPS) is 12.8. The van der Waals surface area contributed by atoms with E-state index < -0.39 is 6.10 Å². The lowest BCUT2D eigenvalue weighted by atomic mass is 10.0. The number of aliphatic hydroxyl groups excluding tert-OH is 1. The molecule has 0 aliphatic rings. The summed E-state index contributed by atoms with van der Waals surface area (Å²) in [6.07, 6.45) is 84.3. The maximum absolute atomic E-state index is 12.3. The molecule has 0 aliphatic heterocycles. The Kier molecular flexibility index (Phi) is 57.9. The molecule has 0 spiro atoms. The number of hydrogen-bond donors (Lipinski definition) is 1. The molecule has 1 unspecified atom stereocenters. The van der Waals surface area contributed by atoms with Gasteiger partial charge in [-0.2, -0.15) is 0 Å². The zero-order chi connectivity index (χ0) is 50.6. The van der Waals surface area contributed by atoms with Crippen LogP contribution >= 0.6 is 0 Å². The van der Waals surface area contributed by atoms with Crippen LogP contribution in [0, 0.1) is 0 Å². The highest BCUT2D eigenvalue weighted by Crippen LogP contribution is 2.17. The Morgan fingerprint density at radius 2 is 0.614 bits per heavy atom. The molecule has 0 aliphatic carbocycles. The standard InChI is InChI=1S/C65H114O5/c1-3-5-7-9-11-13-15-17-19-21-23-25-27-29-31-32-34-36-38-40-42-44-46-48-50-52-54-56-58-60-65(68)70-63(61-66)62-69-64(67)59-57-55-53-51-49-47-45-43-41-39-37-35-33-30-28-26-24-22-20-18-16-14-12-10-8-6-4-2/h5,7,11,13,17,19,23,25,29,31,34,36,40,42,63,66H,3-4,6,8-10,12,14-16,18,20-22,24,26-28,30,32-33,35,37-39,41,43-62H2,1-2H3/b7-5-,13-11-,19-17-,25-23-,31-29-,36-34-,42-40-. The van der Waals surface area contributed by atoms with E-state index in [1.165, 1.54) is 180 Å². The molecule has 0 amide bonds. The monoisotopic (exact) mass is 975 g/mol. The fourth-order valence-corrected chi connectivity index (χ4v) is 8.71. The van der Waals surface area contributed by atoms with Crippen LogP contribution in [0.1, 0.15) is 296 Å². The van der Waals surface area contributed by atoms with Gasteiger partial charge >= 0.3 is 11.9 Å². The van der Waals surface area contributed by atoms with Gasteiger partial charge in [-0.1, -0.05) is 298 Å². The van der Waals surface area contributed by atoms with Crippen molar-refractivity contribution in [2.24, 2.45) is 0 Å². The lowest BCUT2D eigenvalue weighted by molar-refractivity contribution is -0.161. The van der Waals surface area contributed by atoms with Crippen molar-refractivity contribution < 1.29 is 24.2 Å². The molecule has 0 radical (unpaired) electrons. The average Bonchev–Trinajstić information content (AvgIpc) is 3.36. The maximum atomic E-state index is 12.3. The van der Waals surface area contributed by atoms with Gasteiger partial charge in [-0.15, -0.1) is 0 Å². The molecule has 0 aromatic rings. The van der Waals surface area contributed by atoms with E-state index in [-0.39, 0.29) is 25.2 Å². The van der Waals surface area contributed by atoms with E-state index in [9.17, 15) is 14.7 Å². The van der Waals surface area contributed by atoms with E-state index in [1.54, 1.807) is 0 Å². The number of rotatable bonds is 55. The molecule has 0 aromatic carbocycles. The van der Waals surface area contributed by atoms with Crippen LogP contribution < -0.4 is 0 Å². The Morgan fingerprint density at radius 3 is 0.929 bits per heavy atom. The number of hydrogen-bond acceptors (Lipinski definition) is 5. The first-order valence-electron chi connectivity index (χ1n) is 30.1. The van der Waals surface area contributed by atoms with Crippen LogP contribution in [0.5, 0.6) is 0 Å². The molecule has 404 valence electrons. The zero-order valence-corrected chi connectivity index (χ0v) is 46.3. The second-order valence-corrected chi connectivity index (χ2v) is 20.1. The van der Waals surface area contributed by atoms with E-state index in [0.717, 1.165) is 89.9 Å². The van der Waals surface area contributed by atoms with Gasteiger partial charge in [0.05, 0.1) is 6.61 Å². The molecule has 0 fully saturated rings. The lowest BCUT2D eigenvalue weighted by Gasteiger charge is -2.15. The van der Waals surface area contributed by atoms with Gasteiger partial charge in [0.2, 0.25) is 0 Å². The van der Waals surface area contributed by atoms with Gasteiger partial charge in [-0.05, 0) is 70.6 Å². The van der Waals surface area contributed by atoms with Crippen molar-refractivity contribution in [1.29, 1.82) is 0 Å². The van der Waals surface area contributed by atoms with Gasteiger partial charge in [0.25, 0.3) is 0 Å². The summed E-state index contributed by atoms with van der Waals surface area (Å²) in [5.41, 5.74) is 0. The predicted octanol–water partition coefficient (Wildman–Crippen LogP) is 20.5. The lowest BCUT2D eigenvalue weighted by Crippen LogP contribution is -2.28. The first-order chi connectivity index (χ1) is 34.6. The minimum atomic E-state index is -0.782. The van der Waals surface area contributed by atoms with Crippen LogP contribution in [-0.2, 0) is 19.1 Å². The number of aliphatic hydroxyl groups is 1. The van der Waals surface area contributed by atoms with Gasteiger partial charge in [-0.3, -0.25) is 9.59 Å². The number of esters is 2. The number of carbonyl (C=O) groups is 2. The minimum absolute atomic E-state index is 0.0712. The molecule has 1 atom stereocenters. The van der Waals surface area contributed by atoms with Crippen LogP contribution in [0.25, 0.3) is 0 Å². The molecule has 0 rings (SSSR count). The highest BCUT2D eigenvalue weighted by molar-refractivity contribution is 5.70. The van der Waals surface area contributed by atoms with Gasteiger partial charge in [0.15, 0.2) is 6.10 Å². The summed E-state index contributed by atoms with van der Waals surface area (Å²) in [5.74, 6) is -0.595. The van der Waals surface area contributed by atoms with E-state index in [2.05, 4.69) is 98.9 Å². The second-order valence-electron chi connectivity index (χ2n) is 20.1. The molecule has 1 N–H and O–H groups in total. The smallest absolute Gasteiger partial charge is 0.306 e. The van der Waals surface area contributed by atoms with Gasteiger partial charge in [-0.25, -0.2) is 0 Å². The summed E-state index contributed by atoms with van der Waals surface area (Å²) in [6, 6.07) is 0. The Morgan fingerprint density at radius 1 is 0.343 bits per heavy atom. The summed E-state index contributed by atoms with van der Waals surface area (Å²) in [5, 5.41) is 9.67. The zero-order valence-electron chi connectivity index (χ0n) is 46.3. The quantitative estimate of drug-likeness (QED) is 0.0373. The average molecular weight is 976 g/mol. The third-order valence-electron chi connectivity index (χ3n) is 13.2. The minimum Gasteiger partial charge on any atom is -0.462 e. The second kappa shape index (κ2) is 60.4. The number of allylic oxidation sites excluding steroid dienone is 14. The molecule has 0 saturated carbocycles. The molecule has 0 saturated heterocycles. The summed E-state index contributed by atoms with van der Waals surface area (Å²) >= 11 is 0. The fraction of sp³-hybridized carbons (Fsp3) is 0.754. The molecule has 5 heteroatoms. The first kappa shape index (κ1) is 67.1. The van der Waals surface area contributed by atoms with Crippen LogP contribution in [0.15, 0.2) is 85.1 Å². The van der Waals surface area contributed by atoms with E-state index in [0.29, 0.717) is 12.8 Å². The molecule has 0 heterocycles. The van der Waals surface area contributed by atoms with Crippen LogP contribution in [0.3, 0.4) is 0 Å². The molecule has 0 aromatic heterocycles. The first-order valence-corrected chi connectivity index (χ1v) is 30.1. The Hall–Kier alpha value is -2.92. The van der Waals surface area contributed by atoms with Crippen molar-refractivity contribution in [3.8, 4) is 0 Å². The molecule has 0 bridgehead atoms. The van der Waals surface area contributed by atoms with Gasteiger partial charge < -0.3 is 14.6 Å². The summed E-state index contributed by atoms with van der Waals surface area (Å²) < 4.78 is 10.7.